The van der Waals surface area contributed by atoms with E-state index in [0.29, 0.717) is 5.92 Å². The second kappa shape index (κ2) is 13.3. The van der Waals surface area contributed by atoms with E-state index >= 15 is 0 Å². The van der Waals surface area contributed by atoms with Gasteiger partial charge >= 0.3 is 0 Å². The Balaban J connectivity index is 1.46. The summed E-state index contributed by atoms with van der Waals surface area (Å²) in [6.45, 7) is 16.0. The number of rotatable bonds is 13. The minimum atomic E-state index is 0.492. The smallest absolute Gasteiger partial charge is 0.00884 e. The maximum Gasteiger partial charge on any atom is -0.00884 e. The van der Waals surface area contributed by atoms with Gasteiger partial charge in [-0.15, -0.1) is 0 Å². The minimum Gasteiger partial charge on any atom is -0.0909 e. The molecule has 0 spiro atoms. The Bertz CT molecular complexity index is 1490. The normalized spacial score (nSPS) is 15.6. The first-order valence-corrected chi connectivity index (χ1v) is 15.7. The van der Waals surface area contributed by atoms with Crippen molar-refractivity contribution >= 4 is 11.1 Å². The lowest BCUT2D eigenvalue weighted by Crippen LogP contribution is -1.98. The van der Waals surface area contributed by atoms with Gasteiger partial charge in [-0.05, 0) is 124 Å². The first kappa shape index (κ1) is 28.9. The van der Waals surface area contributed by atoms with E-state index in [2.05, 4.69) is 118 Å². The Labute approximate surface area is 248 Å². The highest BCUT2D eigenvalue weighted by Crippen LogP contribution is 2.39. The van der Waals surface area contributed by atoms with Crippen molar-refractivity contribution in [3.63, 3.8) is 0 Å². The Hall–Kier alpha value is -3.64. The second-order valence-corrected chi connectivity index (χ2v) is 12.2. The Kier molecular flexibility index (Phi) is 9.40. The van der Waals surface area contributed by atoms with Crippen LogP contribution in [0.1, 0.15) is 92.5 Å². The molecule has 1 saturated carbocycles. The van der Waals surface area contributed by atoms with Gasteiger partial charge in [0.25, 0.3) is 0 Å². The van der Waals surface area contributed by atoms with E-state index in [4.69, 9.17) is 6.58 Å². The molecule has 1 unspecified atom stereocenters. The van der Waals surface area contributed by atoms with Gasteiger partial charge in [-0.1, -0.05) is 125 Å². The standard InChI is InChI=1S/C41H46/c1-6-12-37-25-26-39(31(4)35-15-10-11-16-35)28-41(37)40-27-38(23-18-30(40)3)32(5)36(24-21-33-19-20-33)22-17-29(2)34-13-8-7-9-14-34/h7-11,13-15,18,22-23,25-29,33H,4-6,12,16-17,19-21,24H2,1-3H3. The van der Waals surface area contributed by atoms with Gasteiger partial charge in [0.1, 0.15) is 0 Å². The van der Waals surface area contributed by atoms with Gasteiger partial charge in [-0.25, -0.2) is 0 Å². The summed E-state index contributed by atoms with van der Waals surface area (Å²) in [4.78, 5) is 0. The van der Waals surface area contributed by atoms with Crippen LogP contribution in [-0.4, -0.2) is 0 Å². The van der Waals surface area contributed by atoms with E-state index in [1.54, 1.807) is 0 Å². The first-order chi connectivity index (χ1) is 19.9. The fourth-order valence-corrected chi connectivity index (χ4v) is 6.02. The molecule has 0 aromatic heterocycles. The molecule has 0 N–H and O–H groups in total. The molecule has 1 fully saturated rings. The van der Waals surface area contributed by atoms with Gasteiger partial charge in [0.2, 0.25) is 0 Å². The fraction of sp³-hybridized carbons (Fsp3) is 0.317. The summed E-state index contributed by atoms with van der Waals surface area (Å²) in [5.41, 5.74) is 14.3. The van der Waals surface area contributed by atoms with E-state index in [0.717, 1.165) is 43.6 Å². The molecule has 2 aliphatic carbocycles. The van der Waals surface area contributed by atoms with Crippen molar-refractivity contribution in [1.82, 2.24) is 0 Å². The van der Waals surface area contributed by atoms with Crippen LogP contribution in [0, 0.1) is 12.8 Å². The largest absolute Gasteiger partial charge is 0.0909 e. The van der Waals surface area contributed by atoms with Crippen LogP contribution in [0.25, 0.3) is 22.3 Å². The summed E-state index contributed by atoms with van der Waals surface area (Å²) in [7, 11) is 0. The summed E-state index contributed by atoms with van der Waals surface area (Å²) in [6, 6.07) is 24.9. The van der Waals surface area contributed by atoms with Gasteiger partial charge in [0.15, 0.2) is 0 Å². The third kappa shape index (κ3) is 7.17. The maximum absolute atomic E-state index is 4.70. The number of allylic oxidation sites excluding steroid dienone is 8. The Morgan fingerprint density at radius 3 is 2.41 bits per heavy atom. The molecule has 0 amide bonds. The van der Waals surface area contributed by atoms with Crippen molar-refractivity contribution in [2.24, 2.45) is 5.92 Å². The third-order valence-electron chi connectivity index (χ3n) is 9.01. The molecule has 0 aliphatic heterocycles. The lowest BCUT2D eigenvalue weighted by molar-refractivity contribution is 0.721. The van der Waals surface area contributed by atoms with Crippen molar-refractivity contribution in [3.8, 4) is 11.1 Å². The topological polar surface area (TPSA) is 0 Å². The third-order valence-corrected chi connectivity index (χ3v) is 9.01. The number of hydrogen-bond acceptors (Lipinski definition) is 0. The minimum absolute atomic E-state index is 0.492. The number of aryl methyl sites for hydroxylation is 2. The van der Waals surface area contributed by atoms with Crippen LogP contribution in [0.3, 0.4) is 0 Å². The fourth-order valence-electron chi connectivity index (χ4n) is 6.02. The van der Waals surface area contributed by atoms with Gasteiger partial charge in [-0.3, -0.25) is 0 Å². The van der Waals surface area contributed by atoms with Gasteiger partial charge < -0.3 is 0 Å². The van der Waals surface area contributed by atoms with E-state index < -0.39 is 0 Å². The van der Waals surface area contributed by atoms with Crippen molar-refractivity contribution in [2.75, 3.05) is 0 Å². The zero-order valence-electron chi connectivity index (χ0n) is 25.4. The molecular weight excluding hydrogens is 492 g/mol. The molecule has 0 heteroatoms. The molecule has 0 nitrogen and oxygen atoms in total. The summed E-state index contributed by atoms with van der Waals surface area (Å²) in [5.74, 6) is 1.40. The SMILES string of the molecule is C=C(C1=CC=CC1)c1ccc(CCC)c(-c2cc(C(=C)C(=CCC(C)c3ccccc3)CCC3CC3)ccc2C)c1. The van der Waals surface area contributed by atoms with Crippen LogP contribution in [0.5, 0.6) is 0 Å². The molecule has 1 atom stereocenters. The lowest BCUT2D eigenvalue weighted by Gasteiger charge is -2.19. The zero-order valence-corrected chi connectivity index (χ0v) is 25.4. The van der Waals surface area contributed by atoms with Crippen molar-refractivity contribution < 1.29 is 0 Å². The maximum atomic E-state index is 4.70. The second-order valence-electron chi connectivity index (χ2n) is 12.2. The molecule has 3 aromatic rings. The van der Waals surface area contributed by atoms with Crippen LogP contribution >= 0.6 is 0 Å². The van der Waals surface area contributed by atoms with Gasteiger partial charge in [0.05, 0.1) is 0 Å². The average molecular weight is 539 g/mol. The monoisotopic (exact) mass is 538 g/mol. The van der Waals surface area contributed by atoms with Gasteiger partial charge in [-0.2, -0.15) is 0 Å². The highest BCUT2D eigenvalue weighted by Gasteiger charge is 2.22. The highest BCUT2D eigenvalue weighted by molar-refractivity contribution is 5.85. The predicted molar refractivity (Wildman–Crippen MR) is 180 cm³/mol. The molecule has 210 valence electrons. The average Bonchev–Trinajstić information content (AvgIpc) is 3.67. The number of benzene rings is 3. The van der Waals surface area contributed by atoms with Crippen LogP contribution in [0.4, 0.5) is 0 Å². The quantitative estimate of drug-likeness (QED) is 0.190. The Morgan fingerprint density at radius 1 is 0.951 bits per heavy atom. The van der Waals surface area contributed by atoms with E-state index in [1.165, 1.54) is 74.9 Å². The first-order valence-electron chi connectivity index (χ1n) is 15.7. The molecular formula is C41H46. The molecule has 0 bridgehead atoms. The zero-order chi connectivity index (χ0) is 28.8. The molecule has 2 aliphatic rings. The van der Waals surface area contributed by atoms with Crippen LogP contribution < -0.4 is 0 Å². The van der Waals surface area contributed by atoms with Crippen molar-refractivity contribution in [2.45, 2.75) is 78.1 Å². The molecule has 5 rings (SSSR count). The molecule has 3 aromatic carbocycles. The molecule has 41 heavy (non-hydrogen) atoms. The summed E-state index contributed by atoms with van der Waals surface area (Å²) in [5, 5.41) is 0. The van der Waals surface area contributed by atoms with Gasteiger partial charge in [0, 0.05) is 0 Å². The molecule has 0 saturated heterocycles. The number of hydrogen-bond donors (Lipinski definition) is 0. The summed E-state index contributed by atoms with van der Waals surface area (Å²) in [6.07, 6.45) is 18.4. The van der Waals surface area contributed by atoms with Crippen molar-refractivity contribution in [3.05, 3.63) is 143 Å². The van der Waals surface area contributed by atoms with Crippen molar-refractivity contribution in [1.29, 1.82) is 0 Å². The highest BCUT2D eigenvalue weighted by atomic mass is 14.3. The van der Waals surface area contributed by atoms with E-state index in [9.17, 15) is 0 Å². The van der Waals surface area contributed by atoms with E-state index in [1.807, 2.05) is 0 Å². The van der Waals surface area contributed by atoms with Crippen LogP contribution in [0.2, 0.25) is 0 Å². The summed E-state index contributed by atoms with van der Waals surface area (Å²) >= 11 is 0. The predicted octanol–water partition coefficient (Wildman–Crippen LogP) is 11.8. The molecule has 0 heterocycles. The Morgan fingerprint density at radius 2 is 1.71 bits per heavy atom. The molecule has 0 radical (unpaired) electrons. The lowest BCUT2D eigenvalue weighted by atomic mass is 9.86. The van der Waals surface area contributed by atoms with Crippen LogP contribution in [0.15, 0.2) is 115 Å². The van der Waals surface area contributed by atoms with Crippen LogP contribution in [-0.2, 0) is 6.42 Å². The van der Waals surface area contributed by atoms with E-state index in [-0.39, 0.29) is 0 Å². The summed E-state index contributed by atoms with van der Waals surface area (Å²) < 4.78 is 0.